The Morgan fingerprint density at radius 1 is 1.19 bits per heavy atom. The summed E-state index contributed by atoms with van der Waals surface area (Å²) in [5.74, 6) is -1.27. The molecule has 2 heterocycles. The van der Waals surface area contributed by atoms with Gasteiger partial charge in [0.25, 0.3) is 0 Å². The van der Waals surface area contributed by atoms with Gasteiger partial charge in [-0.3, -0.25) is 4.90 Å². The molecule has 2 fully saturated rings. The van der Waals surface area contributed by atoms with E-state index in [1.54, 1.807) is 6.07 Å². The van der Waals surface area contributed by atoms with Crippen molar-refractivity contribution in [3.63, 3.8) is 0 Å². The summed E-state index contributed by atoms with van der Waals surface area (Å²) < 4.78 is 28.5. The average Bonchev–Trinajstić information content (AvgIpc) is 2.46. The van der Waals surface area contributed by atoms with Gasteiger partial charge in [0.2, 0.25) is 0 Å². The second-order valence-corrected chi connectivity index (χ2v) is 6.05. The third kappa shape index (κ3) is 2.60. The highest BCUT2D eigenvalue weighted by Crippen LogP contribution is 2.32. The van der Waals surface area contributed by atoms with Crippen LogP contribution in [0.5, 0.6) is 0 Å². The van der Waals surface area contributed by atoms with Crippen LogP contribution in [0.1, 0.15) is 31.7 Å². The zero-order chi connectivity index (χ0) is 15.0. The number of benzene rings is 1. The van der Waals surface area contributed by atoms with Gasteiger partial charge < -0.3 is 4.90 Å². The number of hydrogen-bond acceptors (Lipinski definition) is 3. The van der Waals surface area contributed by atoms with Crippen molar-refractivity contribution >= 4 is 5.69 Å². The molecule has 3 nitrogen and oxygen atoms in total. The molecule has 2 aliphatic heterocycles. The Bertz CT molecular complexity index is 558. The Hall–Kier alpha value is -1.67. The highest BCUT2D eigenvalue weighted by molar-refractivity contribution is 5.54. The molecule has 3 rings (SSSR count). The van der Waals surface area contributed by atoms with E-state index in [1.165, 1.54) is 12.8 Å². The van der Waals surface area contributed by atoms with Crippen LogP contribution in [0.3, 0.4) is 0 Å². The molecule has 0 N–H and O–H groups in total. The molecule has 0 bridgehead atoms. The molecule has 0 saturated carbocycles. The van der Waals surface area contributed by atoms with E-state index in [-0.39, 0.29) is 17.3 Å². The molecule has 0 amide bonds. The predicted molar refractivity (Wildman–Crippen MR) is 77.1 cm³/mol. The van der Waals surface area contributed by atoms with Crippen LogP contribution in [0.4, 0.5) is 14.5 Å². The van der Waals surface area contributed by atoms with Gasteiger partial charge in [-0.25, -0.2) is 8.78 Å². The highest BCUT2D eigenvalue weighted by Gasteiger charge is 2.35. The quantitative estimate of drug-likeness (QED) is 0.797. The van der Waals surface area contributed by atoms with Crippen molar-refractivity contribution in [2.75, 3.05) is 24.5 Å². The number of piperidine rings is 1. The van der Waals surface area contributed by atoms with Crippen molar-refractivity contribution in [3.8, 4) is 6.07 Å². The fourth-order valence-corrected chi connectivity index (χ4v) is 3.57. The lowest BCUT2D eigenvalue weighted by Crippen LogP contribution is -2.59. The molecule has 1 aromatic carbocycles. The van der Waals surface area contributed by atoms with Crippen molar-refractivity contribution in [1.29, 1.82) is 5.26 Å². The fraction of sp³-hybridized carbons (Fsp3) is 0.562. The molecule has 2 saturated heterocycles. The molecular formula is C16H19F2N3. The summed E-state index contributed by atoms with van der Waals surface area (Å²) >= 11 is 0. The first kappa shape index (κ1) is 14.3. The molecular weight excluding hydrogens is 272 g/mol. The molecule has 2 unspecified atom stereocenters. The van der Waals surface area contributed by atoms with Crippen LogP contribution in [0.25, 0.3) is 0 Å². The van der Waals surface area contributed by atoms with Crippen LogP contribution in [0.15, 0.2) is 12.1 Å². The van der Waals surface area contributed by atoms with Crippen LogP contribution in [0.2, 0.25) is 0 Å². The molecule has 1 aromatic rings. The molecule has 2 aliphatic rings. The van der Waals surface area contributed by atoms with Crippen molar-refractivity contribution in [2.45, 2.75) is 38.3 Å². The third-order valence-corrected chi connectivity index (χ3v) is 4.62. The van der Waals surface area contributed by atoms with Gasteiger partial charge in [0.05, 0.1) is 11.6 Å². The van der Waals surface area contributed by atoms with E-state index >= 15 is 0 Å². The zero-order valence-corrected chi connectivity index (χ0v) is 12.1. The standard InChI is InChI=1S/C16H19F2N3/c1-11-9-20-5-3-2-4-13(20)10-21(11)16-14(17)6-12(8-19)7-15(16)18/h6-7,11,13H,2-5,9-10H2,1H3. The van der Waals surface area contributed by atoms with Gasteiger partial charge in [0, 0.05) is 25.2 Å². The van der Waals surface area contributed by atoms with Crippen molar-refractivity contribution in [2.24, 2.45) is 0 Å². The Morgan fingerprint density at radius 2 is 1.90 bits per heavy atom. The van der Waals surface area contributed by atoms with E-state index in [2.05, 4.69) is 4.90 Å². The SMILES string of the molecule is CC1CN2CCCCC2CN1c1c(F)cc(C#N)cc1F. The first-order valence-corrected chi connectivity index (χ1v) is 7.50. The number of nitrogens with zero attached hydrogens (tertiary/aromatic N) is 3. The smallest absolute Gasteiger partial charge is 0.150 e. The van der Waals surface area contributed by atoms with Crippen molar-refractivity contribution < 1.29 is 8.78 Å². The summed E-state index contributed by atoms with van der Waals surface area (Å²) in [4.78, 5) is 4.27. The van der Waals surface area contributed by atoms with Crippen molar-refractivity contribution in [1.82, 2.24) is 4.90 Å². The number of hydrogen-bond donors (Lipinski definition) is 0. The van der Waals surface area contributed by atoms with Crippen LogP contribution in [0, 0.1) is 23.0 Å². The minimum absolute atomic E-state index is 0.0201. The van der Waals surface area contributed by atoms with Crippen LogP contribution in [-0.2, 0) is 0 Å². The highest BCUT2D eigenvalue weighted by atomic mass is 19.1. The van der Waals surface area contributed by atoms with E-state index in [1.807, 2.05) is 11.8 Å². The first-order valence-electron chi connectivity index (χ1n) is 7.50. The maximum Gasteiger partial charge on any atom is 0.150 e. The van der Waals surface area contributed by atoms with Gasteiger partial charge in [-0.2, -0.15) is 5.26 Å². The average molecular weight is 291 g/mol. The number of fused-ring (bicyclic) bond motifs is 1. The zero-order valence-electron chi connectivity index (χ0n) is 12.1. The van der Waals surface area contributed by atoms with E-state index in [4.69, 9.17) is 5.26 Å². The van der Waals surface area contributed by atoms with Crippen LogP contribution >= 0.6 is 0 Å². The predicted octanol–water partition coefficient (Wildman–Crippen LogP) is 2.90. The summed E-state index contributed by atoms with van der Waals surface area (Å²) in [7, 11) is 0. The Kier molecular flexibility index (Phi) is 3.81. The van der Waals surface area contributed by atoms with E-state index < -0.39 is 11.6 Å². The third-order valence-electron chi connectivity index (χ3n) is 4.62. The molecule has 0 radical (unpaired) electrons. The first-order chi connectivity index (χ1) is 10.1. The van der Waals surface area contributed by atoms with Gasteiger partial charge >= 0.3 is 0 Å². The second-order valence-electron chi connectivity index (χ2n) is 6.05. The summed E-state index contributed by atoms with van der Waals surface area (Å²) in [6.45, 7) is 4.58. The van der Waals surface area contributed by atoms with Gasteiger partial charge in [-0.1, -0.05) is 6.42 Å². The van der Waals surface area contributed by atoms with Gasteiger partial charge in [-0.15, -0.1) is 0 Å². The number of rotatable bonds is 1. The number of anilines is 1. The van der Waals surface area contributed by atoms with E-state index in [0.717, 1.165) is 31.6 Å². The van der Waals surface area contributed by atoms with Crippen LogP contribution < -0.4 is 4.90 Å². The summed E-state index contributed by atoms with van der Waals surface area (Å²) in [5, 5.41) is 8.79. The molecule has 5 heteroatoms. The Balaban J connectivity index is 1.91. The van der Waals surface area contributed by atoms with Gasteiger partial charge in [0.1, 0.15) is 5.69 Å². The van der Waals surface area contributed by atoms with E-state index in [9.17, 15) is 8.78 Å². The number of nitriles is 1. The monoisotopic (exact) mass is 291 g/mol. The Labute approximate surface area is 123 Å². The molecule has 0 aliphatic carbocycles. The largest absolute Gasteiger partial charge is 0.361 e. The number of piperazine rings is 1. The summed E-state index contributed by atoms with van der Waals surface area (Å²) in [6, 6.07) is 4.48. The van der Waals surface area contributed by atoms with Gasteiger partial charge in [0.15, 0.2) is 11.6 Å². The maximum atomic E-state index is 14.2. The summed E-state index contributed by atoms with van der Waals surface area (Å²) in [5.41, 5.74) is 0.0458. The topological polar surface area (TPSA) is 30.3 Å². The van der Waals surface area contributed by atoms with Gasteiger partial charge in [-0.05, 0) is 38.4 Å². The lowest BCUT2D eigenvalue weighted by Gasteiger charge is -2.48. The fourth-order valence-electron chi connectivity index (χ4n) is 3.57. The molecule has 2 atom stereocenters. The maximum absolute atomic E-state index is 14.2. The second kappa shape index (κ2) is 5.61. The molecule has 0 spiro atoms. The minimum Gasteiger partial charge on any atom is -0.361 e. The Morgan fingerprint density at radius 3 is 2.57 bits per heavy atom. The lowest BCUT2D eigenvalue weighted by atomic mass is 9.96. The van der Waals surface area contributed by atoms with Crippen LogP contribution in [-0.4, -0.2) is 36.6 Å². The van der Waals surface area contributed by atoms with E-state index in [0.29, 0.717) is 12.6 Å². The minimum atomic E-state index is -0.636. The summed E-state index contributed by atoms with van der Waals surface area (Å²) in [6.07, 6.45) is 3.48. The molecule has 21 heavy (non-hydrogen) atoms. The van der Waals surface area contributed by atoms with Crippen molar-refractivity contribution in [3.05, 3.63) is 29.3 Å². The number of halogens is 2. The normalized spacial score (nSPS) is 26.3. The molecule has 112 valence electrons. The lowest BCUT2D eigenvalue weighted by molar-refractivity contribution is 0.115. The molecule has 0 aromatic heterocycles.